The van der Waals surface area contributed by atoms with Crippen LogP contribution in [0.25, 0.3) is 0 Å². The van der Waals surface area contributed by atoms with Crippen molar-refractivity contribution in [3.8, 4) is 6.07 Å². The first-order chi connectivity index (χ1) is 10.2. The Hall–Kier alpha value is -1.43. The molecule has 0 unspecified atom stereocenters. The molecule has 7 nitrogen and oxygen atoms in total. The molecular formula is C14H22N4O3S. The Morgan fingerprint density at radius 2 is 2.00 bits per heavy atom. The third-order valence-corrected chi connectivity index (χ3v) is 6.03. The van der Waals surface area contributed by atoms with Crippen LogP contribution < -0.4 is 0 Å². The summed E-state index contributed by atoms with van der Waals surface area (Å²) in [7, 11) is -3.40. The predicted octanol–water partition coefficient (Wildman–Crippen LogP) is 0.980. The second-order valence-electron chi connectivity index (χ2n) is 6.28. The van der Waals surface area contributed by atoms with Crippen molar-refractivity contribution in [3.63, 3.8) is 0 Å². The highest BCUT2D eigenvalue weighted by atomic mass is 32.2. The smallest absolute Gasteiger partial charge is 0.215 e. The number of oxazole rings is 1. The fraction of sp³-hybridized carbons (Fsp3) is 0.714. The summed E-state index contributed by atoms with van der Waals surface area (Å²) in [6.07, 6.45) is 1.43. The summed E-state index contributed by atoms with van der Waals surface area (Å²) >= 11 is 0. The van der Waals surface area contributed by atoms with Gasteiger partial charge in [0.2, 0.25) is 10.0 Å². The molecule has 0 bridgehead atoms. The zero-order chi connectivity index (χ0) is 16.4. The van der Waals surface area contributed by atoms with Gasteiger partial charge >= 0.3 is 0 Å². The van der Waals surface area contributed by atoms with Crippen molar-refractivity contribution in [2.24, 2.45) is 5.41 Å². The highest BCUT2D eigenvalue weighted by Gasteiger charge is 2.33. The summed E-state index contributed by atoms with van der Waals surface area (Å²) in [6.45, 7) is 8.02. The van der Waals surface area contributed by atoms with Gasteiger partial charge in [-0.05, 0) is 20.8 Å². The molecule has 1 fully saturated rings. The average Bonchev–Trinajstić information content (AvgIpc) is 2.84. The average molecular weight is 326 g/mol. The molecule has 0 amide bonds. The van der Waals surface area contributed by atoms with E-state index in [9.17, 15) is 8.42 Å². The van der Waals surface area contributed by atoms with Gasteiger partial charge in [-0.1, -0.05) is 0 Å². The molecule has 2 heterocycles. The molecule has 0 spiro atoms. The molecule has 1 saturated heterocycles. The third-order valence-electron chi connectivity index (χ3n) is 3.79. The number of aryl methyl sites for hydroxylation is 1. The number of piperazine rings is 1. The molecule has 1 aromatic rings. The Balaban J connectivity index is 1.92. The standard InChI is InChI=1S/C14H22N4O3S/c1-12-13(16-11-21-12)8-17-4-6-18(7-5-17)22(19,20)10-14(2,3)9-15/h11H,4-8,10H2,1-3H3. The molecule has 1 aliphatic rings. The van der Waals surface area contributed by atoms with Gasteiger partial charge in [0, 0.05) is 32.7 Å². The van der Waals surface area contributed by atoms with Crippen molar-refractivity contribution >= 4 is 10.0 Å². The van der Waals surface area contributed by atoms with Crippen LogP contribution in [0.1, 0.15) is 25.3 Å². The van der Waals surface area contributed by atoms with Crippen LogP contribution in [-0.4, -0.2) is 54.5 Å². The van der Waals surface area contributed by atoms with Crippen LogP contribution in [0.3, 0.4) is 0 Å². The lowest BCUT2D eigenvalue weighted by Crippen LogP contribution is -2.50. The first-order valence-electron chi connectivity index (χ1n) is 7.24. The molecule has 0 aromatic carbocycles. The van der Waals surface area contributed by atoms with E-state index < -0.39 is 15.4 Å². The lowest BCUT2D eigenvalue weighted by molar-refractivity contribution is 0.179. The van der Waals surface area contributed by atoms with Crippen molar-refractivity contribution in [2.75, 3.05) is 31.9 Å². The van der Waals surface area contributed by atoms with Crippen LogP contribution in [0.15, 0.2) is 10.8 Å². The quantitative estimate of drug-likeness (QED) is 0.801. The molecule has 122 valence electrons. The Bertz CT molecular complexity index is 652. The van der Waals surface area contributed by atoms with Crippen LogP contribution in [0.5, 0.6) is 0 Å². The number of rotatable bonds is 5. The van der Waals surface area contributed by atoms with Gasteiger partial charge in [-0.3, -0.25) is 4.90 Å². The summed E-state index contributed by atoms with van der Waals surface area (Å²) in [6, 6.07) is 2.05. The number of aromatic nitrogens is 1. The normalized spacial score (nSPS) is 18.3. The molecule has 8 heteroatoms. The van der Waals surface area contributed by atoms with E-state index in [0.29, 0.717) is 32.7 Å². The molecule has 2 rings (SSSR count). The first-order valence-corrected chi connectivity index (χ1v) is 8.85. The molecule has 1 aliphatic heterocycles. The zero-order valence-electron chi connectivity index (χ0n) is 13.2. The Kier molecular flexibility index (Phi) is 4.90. The van der Waals surface area contributed by atoms with Gasteiger partial charge in [0.1, 0.15) is 5.76 Å². The van der Waals surface area contributed by atoms with E-state index in [1.165, 1.54) is 10.7 Å². The van der Waals surface area contributed by atoms with E-state index in [4.69, 9.17) is 9.68 Å². The number of nitriles is 1. The SMILES string of the molecule is Cc1ocnc1CN1CCN(S(=O)(=O)CC(C)(C)C#N)CC1. The second kappa shape index (κ2) is 6.36. The monoisotopic (exact) mass is 326 g/mol. The first kappa shape index (κ1) is 16.9. The lowest BCUT2D eigenvalue weighted by Gasteiger charge is -2.34. The molecule has 0 atom stereocenters. The van der Waals surface area contributed by atoms with Crippen LogP contribution >= 0.6 is 0 Å². The van der Waals surface area contributed by atoms with Crippen LogP contribution in [0.4, 0.5) is 0 Å². The van der Waals surface area contributed by atoms with Crippen LogP contribution in [0, 0.1) is 23.7 Å². The van der Waals surface area contributed by atoms with Crippen LogP contribution in [-0.2, 0) is 16.6 Å². The van der Waals surface area contributed by atoms with Crippen molar-refractivity contribution in [1.29, 1.82) is 5.26 Å². The minimum atomic E-state index is -3.40. The van der Waals surface area contributed by atoms with Crippen molar-refractivity contribution in [1.82, 2.24) is 14.2 Å². The lowest BCUT2D eigenvalue weighted by atomic mass is 10.00. The summed E-state index contributed by atoms with van der Waals surface area (Å²) in [5.74, 6) is 0.657. The zero-order valence-corrected chi connectivity index (χ0v) is 14.1. The highest BCUT2D eigenvalue weighted by Crippen LogP contribution is 2.20. The Morgan fingerprint density at radius 1 is 1.36 bits per heavy atom. The third kappa shape index (κ3) is 4.06. The van der Waals surface area contributed by atoms with E-state index >= 15 is 0 Å². The van der Waals surface area contributed by atoms with E-state index in [1.807, 2.05) is 13.0 Å². The van der Waals surface area contributed by atoms with Crippen LogP contribution in [0.2, 0.25) is 0 Å². The fourth-order valence-electron chi connectivity index (χ4n) is 2.44. The van der Waals surface area contributed by atoms with Gasteiger partial charge in [0.25, 0.3) is 0 Å². The van der Waals surface area contributed by atoms with E-state index in [-0.39, 0.29) is 5.75 Å². The van der Waals surface area contributed by atoms with E-state index in [2.05, 4.69) is 9.88 Å². The van der Waals surface area contributed by atoms with Crippen molar-refractivity contribution in [3.05, 3.63) is 17.8 Å². The Labute approximate surface area is 131 Å². The van der Waals surface area contributed by atoms with E-state index in [0.717, 1.165) is 11.5 Å². The Morgan fingerprint density at radius 3 is 2.50 bits per heavy atom. The maximum atomic E-state index is 12.4. The van der Waals surface area contributed by atoms with E-state index in [1.54, 1.807) is 13.8 Å². The van der Waals surface area contributed by atoms with Gasteiger partial charge in [0.05, 0.1) is 22.9 Å². The van der Waals surface area contributed by atoms with Crippen molar-refractivity contribution < 1.29 is 12.8 Å². The molecule has 0 N–H and O–H groups in total. The van der Waals surface area contributed by atoms with Crippen molar-refractivity contribution in [2.45, 2.75) is 27.3 Å². The molecular weight excluding hydrogens is 304 g/mol. The summed E-state index contributed by atoms with van der Waals surface area (Å²) < 4.78 is 31.4. The molecule has 1 aromatic heterocycles. The number of nitrogens with zero attached hydrogens (tertiary/aromatic N) is 4. The second-order valence-corrected chi connectivity index (χ2v) is 8.25. The predicted molar refractivity (Wildman–Crippen MR) is 81.3 cm³/mol. The molecule has 0 radical (unpaired) electrons. The maximum absolute atomic E-state index is 12.4. The molecule has 0 saturated carbocycles. The van der Waals surface area contributed by atoms with Gasteiger partial charge < -0.3 is 4.42 Å². The van der Waals surface area contributed by atoms with Gasteiger partial charge in [-0.2, -0.15) is 9.57 Å². The summed E-state index contributed by atoms with van der Waals surface area (Å²) in [5, 5.41) is 9.01. The largest absolute Gasteiger partial charge is 0.448 e. The van der Waals surface area contributed by atoms with Gasteiger partial charge in [-0.15, -0.1) is 0 Å². The van der Waals surface area contributed by atoms with Gasteiger partial charge in [0.15, 0.2) is 6.39 Å². The van der Waals surface area contributed by atoms with Gasteiger partial charge in [-0.25, -0.2) is 13.4 Å². The summed E-state index contributed by atoms with van der Waals surface area (Å²) in [4.78, 5) is 6.32. The minimum Gasteiger partial charge on any atom is -0.448 e. The summed E-state index contributed by atoms with van der Waals surface area (Å²) in [5.41, 5.74) is 0.0234. The minimum absolute atomic E-state index is 0.140. The topological polar surface area (TPSA) is 90.4 Å². The fourth-order valence-corrected chi connectivity index (χ4v) is 4.32. The number of sulfonamides is 1. The molecule has 22 heavy (non-hydrogen) atoms. The maximum Gasteiger partial charge on any atom is 0.215 e. The number of hydrogen-bond donors (Lipinski definition) is 0. The number of hydrogen-bond acceptors (Lipinski definition) is 6. The molecule has 0 aliphatic carbocycles. The highest BCUT2D eigenvalue weighted by molar-refractivity contribution is 7.89.